The van der Waals surface area contributed by atoms with Crippen molar-refractivity contribution in [3.05, 3.63) is 41.6 Å². The molecule has 0 atom stereocenters. The molecule has 0 bridgehead atoms. The number of halogens is 3. The van der Waals surface area contributed by atoms with Crippen molar-refractivity contribution >= 4 is 21.8 Å². The highest BCUT2D eigenvalue weighted by atomic mass is 32.2. The number of ether oxygens (including phenoxy) is 1. The third-order valence-corrected chi connectivity index (χ3v) is 5.84. The molecule has 1 aliphatic rings. The molecule has 12 heteroatoms. The van der Waals surface area contributed by atoms with Crippen molar-refractivity contribution < 1.29 is 26.3 Å². The van der Waals surface area contributed by atoms with Gasteiger partial charge < -0.3 is 15.0 Å². The minimum atomic E-state index is -4.52. The summed E-state index contributed by atoms with van der Waals surface area (Å²) in [6.07, 6.45) is -4.52. The second-order valence-corrected chi connectivity index (χ2v) is 8.40. The van der Waals surface area contributed by atoms with E-state index in [0.29, 0.717) is 19.2 Å². The van der Waals surface area contributed by atoms with Crippen LogP contribution in [-0.4, -0.2) is 57.8 Å². The van der Waals surface area contributed by atoms with E-state index in [2.05, 4.69) is 24.9 Å². The molecule has 0 radical (unpaired) electrons. The summed E-state index contributed by atoms with van der Waals surface area (Å²) < 4.78 is 70.0. The molecule has 2 aromatic rings. The Bertz CT molecular complexity index is 962. The standard InChI is InChI=1S/C18H22F3N5O3S/c1-13-12-16(26-8-10-29-11-9-26)25-17(24-13)22-6-7-23-30(27,28)15-4-2-14(3-5-15)18(19,20)21/h2-5,12,23H,6-11H2,1H3,(H,22,24,25). The largest absolute Gasteiger partial charge is 0.416 e. The van der Waals surface area contributed by atoms with Gasteiger partial charge in [-0.3, -0.25) is 0 Å². The molecule has 1 aromatic carbocycles. The molecule has 1 saturated heterocycles. The molecular weight excluding hydrogens is 423 g/mol. The fourth-order valence-corrected chi connectivity index (χ4v) is 3.88. The lowest BCUT2D eigenvalue weighted by molar-refractivity contribution is -0.137. The highest BCUT2D eigenvalue weighted by molar-refractivity contribution is 7.89. The van der Waals surface area contributed by atoms with Gasteiger partial charge >= 0.3 is 6.18 Å². The lowest BCUT2D eigenvalue weighted by Crippen LogP contribution is -2.37. The molecule has 2 N–H and O–H groups in total. The van der Waals surface area contributed by atoms with E-state index in [1.807, 2.05) is 13.0 Å². The summed E-state index contributed by atoms with van der Waals surface area (Å²) in [6, 6.07) is 5.19. The average molecular weight is 445 g/mol. The van der Waals surface area contributed by atoms with Crippen molar-refractivity contribution in [2.75, 3.05) is 49.6 Å². The molecule has 2 heterocycles. The van der Waals surface area contributed by atoms with E-state index in [9.17, 15) is 21.6 Å². The van der Waals surface area contributed by atoms with E-state index in [0.717, 1.165) is 48.9 Å². The average Bonchev–Trinajstić information content (AvgIpc) is 2.71. The van der Waals surface area contributed by atoms with Crippen molar-refractivity contribution in [2.24, 2.45) is 0 Å². The van der Waals surface area contributed by atoms with Gasteiger partial charge in [0, 0.05) is 37.9 Å². The first-order chi connectivity index (χ1) is 14.1. The molecule has 0 spiro atoms. The number of nitrogens with zero attached hydrogens (tertiary/aromatic N) is 3. The van der Waals surface area contributed by atoms with Crippen molar-refractivity contribution in [2.45, 2.75) is 18.0 Å². The number of hydrogen-bond acceptors (Lipinski definition) is 7. The van der Waals surface area contributed by atoms with E-state index < -0.39 is 21.8 Å². The SMILES string of the molecule is Cc1cc(N2CCOCC2)nc(NCCNS(=O)(=O)c2ccc(C(F)(F)F)cc2)n1. The topological polar surface area (TPSA) is 96.5 Å². The number of aromatic nitrogens is 2. The van der Waals surface area contributed by atoms with Gasteiger partial charge in [-0.15, -0.1) is 0 Å². The normalized spacial score (nSPS) is 15.3. The van der Waals surface area contributed by atoms with Crippen LogP contribution < -0.4 is 14.9 Å². The van der Waals surface area contributed by atoms with Crippen molar-refractivity contribution in [3.63, 3.8) is 0 Å². The fraction of sp³-hybridized carbons (Fsp3) is 0.444. The van der Waals surface area contributed by atoms with E-state index in [1.54, 1.807) is 0 Å². The molecule has 0 unspecified atom stereocenters. The smallest absolute Gasteiger partial charge is 0.378 e. The molecule has 0 saturated carbocycles. The number of rotatable bonds is 7. The molecule has 1 fully saturated rings. The van der Waals surface area contributed by atoms with Crippen LogP contribution in [0.15, 0.2) is 35.2 Å². The molecule has 1 aliphatic heterocycles. The molecule has 0 aliphatic carbocycles. The van der Waals surface area contributed by atoms with Crippen LogP contribution in [0.3, 0.4) is 0 Å². The van der Waals surface area contributed by atoms with Crippen LogP contribution in [0.1, 0.15) is 11.3 Å². The zero-order chi connectivity index (χ0) is 21.8. The number of aryl methyl sites for hydroxylation is 1. The highest BCUT2D eigenvalue weighted by Gasteiger charge is 2.30. The van der Waals surface area contributed by atoms with E-state index in [1.165, 1.54) is 0 Å². The van der Waals surface area contributed by atoms with Gasteiger partial charge in [0.25, 0.3) is 0 Å². The first-order valence-corrected chi connectivity index (χ1v) is 10.7. The molecular formula is C18H22F3N5O3S. The van der Waals surface area contributed by atoms with Crippen LogP contribution in [0.25, 0.3) is 0 Å². The third-order valence-electron chi connectivity index (χ3n) is 4.37. The Morgan fingerprint density at radius 1 is 1.10 bits per heavy atom. The van der Waals surface area contributed by atoms with Crippen LogP contribution >= 0.6 is 0 Å². The summed E-state index contributed by atoms with van der Waals surface area (Å²) in [4.78, 5) is 10.6. The first kappa shape index (κ1) is 22.2. The Labute approximate surface area is 172 Å². The van der Waals surface area contributed by atoms with Crippen molar-refractivity contribution in [1.29, 1.82) is 0 Å². The van der Waals surface area contributed by atoms with E-state index >= 15 is 0 Å². The lowest BCUT2D eigenvalue weighted by atomic mass is 10.2. The Hall–Kier alpha value is -2.44. The van der Waals surface area contributed by atoms with Gasteiger partial charge in [-0.1, -0.05) is 0 Å². The Kier molecular flexibility index (Phi) is 6.78. The van der Waals surface area contributed by atoms with Crippen LogP contribution in [0.2, 0.25) is 0 Å². The monoisotopic (exact) mass is 445 g/mol. The zero-order valence-corrected chi connectivity index (χ0v) is 17.1. The molecule has 3 rings (SSSR count). The van der Waals surface area contributed by atoms with Gasteiger partial charge in [-0.05, 0) is 31.2 Å². The number of morpholine rings is 1. The van der Waals surface area contributed by atoms with Crippen molar-refractivity contribution in [1.82, 2.24) is 14.7 Å². The highest BCUT2D eigenvalue weighted by Crippen LogP contribution is 2.29. The van der Waals surface area contributed by atoms with E-state index in [-0.39, 0.29) is 18.0 Å². The number of hydrogen-bond donors (Lipinski definition) is 2. The number of anilines is 2. The van der Waals surface area contributed by atoms with Gasteiger partial charge in [-0.2, -0.15) is 18.2 Å². The molecule has 164 valence electrons. The minimum absolute atomic E-state index is 0.00749. The fourth-order valence-electron chi connectivity index (χ4n) is 2.85. The second-order valence-electron chi connectivity index (χ2n) is 6.64. The Morgan fingerprint density at radius 3 is 2.40 bits per heavy atom. The number of sulfonamides is 1. The number of alkyl halides is 3. The lowest BCUT2D eigenvalue weighted by Gasteiger charge is -2.28. The summed E-state index contributed by atoms with van der Waals surface area (Å²) in [5.41, 5.74) is -0.143. The van der Waals surface area contributed by atoms with Crippen LogP contribution in [0, 0.1) is 6.92 Å². The molecule has 30 heavy (non-hydrogen) atoms. The molecule has 1 aromatic heterocycles. The maximum absolute atomic E-state index is 12.6. The van der Waals surface area contributed by atoms with Crippen LogP contribution in [0.5, 0.6) is 0 Å². The quantitative estimate of drug-likeness (QED) is 0.630. The summed E-state index contributed by atoms with van der Waals surface area (Å²) in [6.45, 7) is 4.74. The maximum atomic E-state index is 12.6. The van der Waals surface area contributed by atoms with Crippen LogP contribution in [-0.2, 0) is 20.9 Å². The Balaban J connectivity index is 1.55. The van der Waals surface area contributed by atoms with Gasteiger partial charge in [0.05, 0.1) is 23.7 Å². The van der Waals surface area contributed by atoms with Gasteiger partial charge in [0.1, 0.15) is 5.82 Å². The predicted molar refractivity (Wildman–Crippen MR) is 105 cm³/mol. The van der Waals surface area contributed by atoms with Gasteiger partial charge in [0.15, 0.2) is 0 Å². The minimum Gasteiger partial charge on any atom is -0.378 e. The maximum Gasteiger partial charge on any atom is 0.416 e. The summed E-state index contributed by atoms with van der Waals surface area (Å²) in [5, 5.41) is 2.96. The summed E-state index contributed by atoms with van der Waals surface area (Å²) in [7, 11) is -3.93. The van der Waals surface area contributed by atoms with Gasteiger partial charge in [0.2, 0.25) is 16.0 Å². The van der Waals surface area contributed by atoms with Crippen LogP contribution in [0.4, 0.5) is 24.9 Å². The first-order valence-electron chi connectivity index (χ1n) is 9.24. The molecule has 8 nitrogen and oxygen atoms in total. The second kappa shape index (κ2) is 9.14. The summed E-state index contributed by atoms with van der Waals surface area (Å²) >= 11 is 0. The predicted octanol–water partition coefficient (Wildman–Crippen LogP) is 2.03. The Morgan fingerprint density at radius 2 is 1.77 bits per heavy atom. The zero-order valence-electron chi connectivity index (χ0n) is 16.2. The number of benzene rings is 1. The summed E-state index contributed by atoms with van der Waals surface area (Å²) in [5.74, 6) is 1.13. The van der Waals surface area contributed by atoms with Crippen molar-refractivity contribution in [3.8, 4) is 0 Å². The van der Waals surface area contributed by atoms with E-state index in [4.69, 9.17) is 4.74 Å². The van der Waals surface area contributed by atoms with Gasteiger partial charge in [-0.25, -0.2) is 18.1 Å². The number of nitrogens with one attached hydrogen (secondary N) is 2. The third kappa shape index (κ3) is 5.80. The molecule has 0 amide bonds.